The summed E-state index contributed by atoms with van der Waals surface area (Å²) in [5.74, 6) is 6.28. The normalized spacial score (nSPS) is 10.2. The molecule has 108 valence electrons. The number of pyridine rings is 1. The maximum atomic E-state index is 11.9. The zero-order chi connectivity index (χ0) is 15.5. The van der Waals surface area contributed by atoms with Crippen LogP contribution in [0.25, 0.3) is 10.9 Å². The third-order valence-electron chi connectivity index (χ3n) is 3.63. The second kappa shape index (κ2) is 5.79. The maximum Gasteiger partial charge on any atom is 0.251 e. The van der Waals surface area contributed by atoms with Crippen molar-refractivity contribution in [3.8, 4) is 11.8 Å². The Kier molecular flexibility index (Phi) is 3.67. The molecule has 0 amide bonds. The van der Waals surface area contributed by atoms with Gasteiger partial charge in [-0.1, -0.05) is 30.0 Å². The first-order valence-corrected chi connectivity index (χ1v) is 7.20. The van der Waals surface area contributed by atoms with E-state index < -0.39 is 0 Å². The van der Waals surface area contributed by atoms with Crippen molar-refractivity contribution in [1.82, 2.24) is 4.57 Å². The fourth-order valence-electron chi connectivity index (χ4n) is 2.51. The number of rotatable bonds is 1. The molecule has 0 aliphatic heterocycles. The van der Waals surface area contributed by atoms with E-state index in [1.165, 1.54) is 0 Å². The van der Waals surface area contributed by atoms with E-state index in [0.717, 1.165) is 22.0 Å². The molecule has 2 N–H and O–H groups in total. The lowest BCUT2D eigenvalue weighted by molar-refractivity contribution is 0.760. The van der Waals surface area contributed by atoms with E-state index in [1.807, 2.05) is 49.4 Å². The highest BCUT2D eigenvalue weighted by molar-refractivity contribution is 5.90. The molecule has 1 aromatic heterocycles. The molecule has 0 spiro atoms. The van der Waals surface area contributed by atoms with Crippen molar-refractivity contribution in [3.05, 3.63) is 76.1 Å². The van der Waals surface area contributed by atoms with Crippen molar-refractivity contribution in [3.63, 3.8) is 0 Å². The maximum absolute atomic E-state index is 11.9. The third-order valence-corrected chi connectivity index (χ3v) is 3.63. The number of nitrogens with zero attached hydrogens (tertiary/aromatic N) is 1. The van der Waals surface area contributed by atoms with Crippen LogP contribution in [-0.4, -0.2) is 4.57 Å². The van der Waals surface area contributed by atoms with Gasteiger partial charge in [0.25, 0.3) is 5.56 Å². The first-order chi connectivity index (χ1) is 10.7. The molecule has 0 bridgehead atoms. The van der Waals surface area contributed by atoms with Gasteiger partial charge in [-0.15, -0.1) is 0 Å². The van der Waals surface area contributed by atoms with Crippen LogP contribution in [0.2, 0.25) is 0 Å². The molecule has 0 aliphatic rings. The Morgan fingerprint density at radius 3 is 2.50 bits per heavy atom. The highest BCUT2D eigenvalue weighted by Gasteiger charge is 2.07. The number of aromatic nitrogens is 1. The molecule has 3 rings (SSSR count). The number of nitrogens with two attached hydrogens (primary N) is 1. The smallest absolute Gasteiger partial charge is 0.251 e. The van der Waals surface area contributed by atoms with Gasteiger partial charge in [-0.25, -0.2) is 0 Å². The minimum atomic E-state index is -0.0123. The van der Waals surface area contributed by atoms with Crippen LogP contribution in [-0.2, 0) is 6.54 Å². The second-order valence-corrected chi connectivity index (χ2v) is 4.99. The van der Waals surface area contributed by atoms with Crippen LogP contribution in [0.3, 0.4) is 0 Å². The van der Waals surface area contributed by atoms with Gasteiger partial charge < -0.3 is 10.3 Å². The number of hydrogen-bond acceptors (Lipinski definition) is 2. The fraction of sp³-hybridized carbons (Fsp3) is 0.105. The first kappa shape index (κ1) is 14.0. The summed E-state index contributed by atoms with van der Waals surface area (Å²) < 4.78 is 1.72. The summed E-state index contributed by atoms with van der Waals surface area (Å²) in [7, 11) is 0. The zero-order valence-electron chi connectivity index (χ0n) is 12.3. The summed E-state index contributed by atoms with van der Waals surface area (Å²) in [6.45, 7) is 2.57. The lowest BCUT2D eigenvalue weighted by Crippen LogP contribution is -2.18. The van der Waals surface area contributed by atoms with Gasteiger partial charge in [-0.05, 0) is 37.3 Å². The van der Waals surface area contributed by atoms with Crippen molar-refractivity contribution >= 4 is 16.6 Å². The SMILES string of the molecule is CCn1c(=O)ccc2c(C#Cc3ccccc3)c(N)ccc21. The fourth-order valence-corrected chi connectivity index (χ4v) is 2.51. The van der Waals surface area contributed by atoms with Gasteiger partial charge in [0.05, 0.1) is 11.1 Å². The molecule has 2 aromatic carbocycles. The predicted octanol–water partition coefficient (Wildman–Crippen LogP) is 3.00. The minimum Gasteiger partial charge on any atom is -0.398 e. The largest absolute Gasteiger partial charge is 0.398 e. The number of nitrogen functional groups attached to an aromatic ring is 1. The van der Waals surface area contributed by atoms with Gasteiger partial charge in [-0.3, -0.25) is 4.79 Å². The Morgan fingerprint density at radius 1 is 1.00 bits per heavy atom. The van der Waals surface area contributed by atoms with Crippen LogP contribution in [0.1, 0.15) is 18.1 Å². The summed E-state index contributed by atoms with van der Waals surface area (Å²) in [4.78, 5) is 11.9. The lowest BCUT2D eigenvalue weighted by Gasteiger charge is -2.10. The van der Waals surface area contributed by atoms with Crippen LogP contribution < -0.4 is 11.3 Å². The minimum absolute atomic E-state index is 0.0123. The number of hydrogen-bond donors (Lipinski definition) is 1. The molecule has 0 radical (unpaired) electrons. The quantitative estimate of drug-likeness (QED) is 0.553. The molecule has 0 saturated carbocycles. The Balaban J connectivity index is 2.24. The molecule has 3 heteroatoms. The van der Waals surface area contributed by atoms with Crippen molar-refractivity contribution in [2.24, 2.45) is 0 Å². The molecule has 0 atom stereocenters. The zero-order valence-corrected chi connectivity index (χ0v) is 12.3. The average Bonchev–Trinajstić information content (AvgIpc) is 2.55. The summed E-state index contributed by atoms with van der Waals surface area (Å²) in [6.07, 6.45) is 0. The Hall–Kier alpha value is -2.99. The summed E-state index contributed by atoms with van der Waals surface area (Å²) >= 11 is 0. The van der Waals surface area contributed by atoms with E-state index in [-0.39, 0.29) is 5.56 Å². The molecule has 0 fully saturated rings. The average molecular weight is 288 g/mol. The Morgan fingerprint density at radius 2 is 1.77 bits per heavy atom. The van der Waals surface area contributed by atoms with E-state index in [1.54, 1.807) is 16.7 Å². The lowest BCUT2D eigenvalue weighted by atomic mass is 10.1. The van der Waals surface area contributed by atoms with Crippen LogP contribution in [0.15, 0.2) is 59.4 Å². The molecule has 0 saturated heterocycles. The van der Waals surface area contributed by atoms with Crippen LogP contribution >= 0.6 is 0 Å². The highest BCUT2D eigenvalue weighted by Crippen LogP contribution is 2.22. The first-order valence-electron chi connectivity index (χ1n) is 7.20. The molecule has 0 aliphatic carbocycles. The van der Waals surface area contributed by atoms with Gasteiger partial charge >= 0.3 is 0 Å². The van der Waals surface area contributed by atoms with Gasteiger partial charge in [-0.2, -0.15) is 0 Å². The van der Waals surface area contributed by atoms with E-state index in [9.17, 15) is 4.79 Å². The van der Waals surface area contributed by atoms with Gasteiger partial charge in [0, 0.05) is 29.2 Å². The number of anilines is 1. The summed E-state index contributed by atoms with van der Waals surface area (Å²) in [5, 5.41) is 0.907. The molecule has 3 aromatic rings. The summed E-state index contributed by atoms with van der Waals surface area (Å²) in [6, 6.07) is 16.8. The van der Waals surface area contributed by atoms with Crippen LogP contribution in [0, 0.1) is 11.8 Å². The number of fused-ring (bicyclic) bond motifs is 1. The highest BCUT2D eigenvalue weighted by atomic mass is 16.1. The molecular weight excluding hydrogens is 272 g/mol. The van der Waals surface area contributed by atoms with Gasteiger partial charge in [0.2, 0.25) is 0 Å². The molecular formula is C19H16N2O. The molecule has 22 heavy (non-hydrogen) atoms. The van der Waals surface area contributed by atoms with Crippen molar-refractivity contribution in [2.75, 3.05) is 5.73 Å². The molecule has 1 heterocycles. The number of aryl methyl sites for hydroxylation is 1. The van der Waals surface area contributed by atoms with E-state index in [2.05, 4.69) is 11.8 Å². The van der Waals surface area contributed by atoms with Gasteiger partial charge in [0.15, 0.2) is 0 Å². The van der Waals surface area contributed by atoms with E-state index in [0.29, 0.717) is 12.2 Å². The topological polar surface area (TPSA) is 48.0 Å². The molecule has 3 nitrogen and oxygen atoms in total. The number of benzene rings is 2. The third kappa shape index (κ3) is 2.47. The standard InChI is InChI=1S/C19H16N2O/c1-2-21-18-12-11-17(20)15(16(18)10-13-19(21)22)9-8-14-6-4-3-5-7-14/h3-7,10-13H,2,20H2,1H3. The van der Waals surface area contributed by atoms with Crippen molar-refractivity contribution in [2.45, 2.75) is 13.5 Å². The molecule has 0 unspecified atom stereocenters. The predicted molar refractivity (Wildman–Crippen MR) is 90.7 cm³/mol. The second-order valence-electron chi connectivity index (χ2n) is 4.99. The van der Waals surface area contributed by atoms with Crippen LogP contribution in [0.5, 0.6) is 0 Å². The Labute approximate surface area is 129 Å². The monoisotopic (exact) mass is 288 g/mol. The van der Waals surface area contributed by atoms with Crippen LogP contribution in [0.4, 0.5) is 5.69 Å². The summed E-state index contributed by atoms with van der Waals surface area (Å²) in [5.41, 5.74) is 9.26. The van der Waals surface area contributed by atoms with Crippen molar-refractivity contribution in [1.29, 1.82) is 0 Å². The Bertz CT molecular complexity index is 944. The van der Waals surface area contributed by atoms with E-state index >= 15 is 0 Å². The van der Waals surface area contributed by atoms with Crippen molar-refractivity contribution < 1.29 is 0 Å². The van der Waals surface area contributed by atoms with E-state index in [4.69, 9.17) is 5.73 Å². The van der Waals surface area contributed by atoms with Gasteiger partial charge in [0.1, 0.15) is 0 Å².